The molecule has 1 heterocycles. The summed E-state index contributed by atoms with van der Waals surface area (Å²) in [5, 5.41) is 15.0. The quantitative estimate of drug-likeness (QED) is 0.930. The van der Waals surface area contributed by atoms with Crippen molar-refractivity contribution in [1.82, 2.24) is 9.78 Å². The number of rotatable bonds is 3. The van der Waals surface area contributed by atoms with Crippen molar-refractivity contribution >= 4 is 15.9 Å². The highest BCUT2D eigenvalue weighted by atomic mass is 79.9. The van der Waals surface area contributed by atoms with Gasteiger partial charge in [0.25, 0.3) is 0 Å². The Kier molecular flexibility index (Phi) is 4.09. The molecule has 0 aromatic carbocycles. The van der Waals surface area contributed by atoms with Crippen molar-refractivity contribution in [3.63, 3.8) is 0 Å². The zero-order chi connectivity index (χ0) is 13.4. The molecule has 1 N–H and O–H groups in total. The summed E-state index contributed by atoms with van der Waals surface area (Å²) in [6.45, 7) is 12.9. The van der Waals surface area contributed by atoms with Crippen molar-refractivity contribution in [2.24, 2.45) is 5.41 Å². The van der Waals surface area contributed by atoms with E-state index >= 15 is 0 Å². The Balaban J connectivity index is 3.11. The predicted molar refractivity (Wildman–Crippen MR) is 74.1 cm³/mol. The lowest BCUT2D eigenvalue weighted by Crippen LogP contribution is -2.42. The van der Waals surface area contributed by atoms with Gasteiger partial charge in [0.05, 0.1) is 21.5 Å². The lowest BCUT2D eigenvalue weighted by atomic mass is 9.75. The summed E-state index contributed by atoms with van der Waals surface area (Å²) in [4.78, 5) is 0. The molecule has 1 unspecified atom stereocenters. The number of halogens is 1. The summed E-state index contributed by atoms with van der Waals surface area (Å²) < 4.78 is 2.98. The van der Waals surface area contributed by atoms with E-state index < -0.39 is 5.60 Å². The van der Waals surface area contributed by atoms with E-state index in [4.69, 9.17) is 0 Å². The van der Waals surface area contributed by atoms with Gasteiger partial charge < -0.3 is 5.11 Å². The number of aryl methyl sites for hydroxylation is 2. The number of aliphatic hydroxyl groups is 1. The van der Waals surface area contributed by atoms with Crippen LogP contribution in [-0.4, -0.2) is 20.5 Å². The minimum Gasteiger partial charge on any atom is -0.389 e. The van der Waals surface area contributed by atoms with Crippen LogP contribution in [0.5, 0.6) is 0 Å². The van der Waals surface area contributed by atoms with E-state index in [9.17, 15) is 5.11 Å². The van der Waals surface area contributed by atoms with Crippen molar-refractivity contribution < 1.29 is 5.11 Å². The number of hydrogen-bond donors (Lipinski definition) is 1. The van der Waals surface area contributed by atoms with Crippen LogP contribution in [0, 0.1) is 12.3 Å². The first-order valence-electron chi connectivity index (χ1n) is 6.04. The highest BCUT2D eigenvalue weighted by Crippen LogP contribution is 2.35. The van der Waals surface area contributed by atoms with E-state index in [-0.39, 0.29) is 5.41 Å². The van der Waals surface area contributed by atoms with Gasteiger partial charge in [-0.3, -0.25) is 4.68 Å². The zero-order valence-electron chi connectivity index (χ0n) is 11.6. The van der Waals surface area contributed by atoms with Crippen LogP contribution < -0.4 is 0 Å². The van der Waals surface area contributed by atoms with Gasteiger partial charge in [-0.1, -0.05) is 20.8 Å². The molecular formula is C13H23BrN2O. The second-order valence-electron chi connectivity index (χ2n) is 5.86. The summed E-state index contributed by atoms with van der Waals surface area (Å²) in [5.74, 6) is 0. The Hall–Kier alpha value is -0.350. The topological polar surface area (TPSA) is 38.0 Å². The van der Waals surface area contributed by atoms with Gasteiger partial charge in [0.15, 0.2) is 0 Å². The molecule has 0 bridgehead atoms. The molecule has 0 fully saturated rings. The van der Waals surface area contributed by atoms with E-state index in [0.717, 1.165) is 22.4 Å². The van der Waals surface area contributed by atoms with Crippen LogP contribution in [0.4, 0.5) is 0 Å². The maximum absolute atomic E-state index is 10.6. The minimum atomic E-state index is -0.755. The number of aromatic nitrogens is 2. The summed E-state index contributed by atoms with van der Waals surface area (Å²) in [6.07, 6.45) is 0.603. The Morgan fingerprint density at radius 1 is 1.29 bits per heavy atom. The lowest BCUT2D eigenvalue weighted by Gasteiger charge is -2.37. The summed E-state index contributed by atoms with van der Waals surface area (Å²) >= 11 is 3.57. The van der Waals surface area contributed by atoms with Gasteiger partial charge >= 0.3 is 0 Å². The Morgan fingerprint density at radius 2 is 1.82 bits per heavy atom. The Labute approximate surface area is 112 Å². The van der Waals surface area contributed by atoms with Crippen LogP contribution in [0.3, 0.4) is 0 Å². The van der Waals surface area contributed by atoms with Crippen molar-refractivity contribution in [1.29, 1.82) is 0 Å². The van der Waals surface area contributed by atoms with Gasteiger partial charge in [0.1, 0.15) is 0 Å². The van der Waals surface area contributed by atoms with Crippen molar-refractivity contribution in [3.8, 4) is 0 Å². The molecule has 0 aliphatic carbocycles. The molecule has 1 atom stereocenters. The second kappa shape index (κ2) is 4.73. The molecule has 17 heavy (non-hydrogen) atoms. The van der Waals surface area contributed by atoms with E-state index in [0.29, 0.717) is 6.42 Å². The van der Waals surface area contributed by atoms with E-state index in [1.807, 2.05) is 18.5 Å². The molecule has 0 radical (unpaired) electrons. The molecule has 98 valence electrons. The molecule has 1 aromatic heterocycles. The van der Waals surface area contributed by atoms with Gasteiger partial charge in [-0.05, 0) is 42.1 Å². The minimum absolute atomic E-state index is 0.164. The molecule has 0 saturated heterocycles. The first-order chi connectivity index (χ1) is 7.60. The average Bonchev–Trinajstić information content (AvgIpc) is 2.43. The van der Waals surface area contributed by atoms with Gasteiger partial charge in [0.2, 0.25) is 0 Å². The fraction of sp³-hybridized carbons (Fsp3) is 0.769. The average molecular weight is 303 g/mol. The first-order valence-corrected chi connectivity index (χ1v) is 6.83. The smallest absolute Gasteiger partial charge is 0.0738 e. The zero-order valence-corrected chi connectivity index (χ0v) is 13.2. The second-order valence-corrected chi connectivity index (χ2v) is 6.66. The monoisotopic (exact) mass is 302 g/mol. The Bertz CT molecular complexity index is 402. The maximum Gasteiger partial charge on any atom is 0.0738 e. The molecule has 3 nitrogen and oxygen atoms in total. The molecule has 0 amide bonds. The molecule has 0 aliphatic rings. The van der Waals surface area contributed by atoms with Crippen LogP contribution >= 0.6 is 15.9 Å². The van der Waals surface area contributed by atoms with Crippen LogP contribution in [0.25, 0.3) is 0 Å². The van der Waals surface area contributed by atoms with Crippen LogP contribution in [0.1, 0.15) is 46.0 Å². The largest absolute Gasteiger partial charge is 0.389 e. The summed E-state index contributed by atoms with van der Waals surface area (Å²) in [5.41, 5.74) is 1.13. The van der Waals surface area contributed by atoms with E-state index in [1.54, 1.807) is 0 Å². The highest BCUT2D eigenvalue weighted by molar-refractivity contribution is 9.10. The molecule has 0 spiro atoms. The van der Waals surface area contributed by atoms with Crippen LogP contribution in [0.15, 0.2) is 4.47 Å². The molecule has 0 saturated carbocycles. The van der Waals surface area contributed by atoms with Crippen molar-refractivity contribution in [2.75, 3.05) is 0 Å². The van der Waals surface area contributed by atoms with Gasteiger partial charge in [0, 0.05) is 13.0 Å². The van der Waals surface area contributed by atoms with Crippen LogP contribution in [0.2, 0.25) is 0 Å². The molecule has 1 rings (SSSR count). The normalized spacial score (nSPS) is 16.0. The third-order valence-corrected chi connectivity index (χ3v) is 4.61. The number of hydrogen-bond acceptors (Lipinski definition) is 2. The third kappa shape index (κ3) is 2.91. The summed E-state index contributed by atoms with van der Waals surface area (Å²) in [7, 11) is 0. The molecule has 0 aliphatic heterocycles. The fourth-order valence-electron chi connectivity index (χ4n) is 1.63. The standard InChI is InChI=1S/C13H23BrN2O/c1-7-16-10(11(14)9(2)15-16)8-13(6,17)12(3,4)5/h17H,7-8H2,1-6H3. The van der Waals surface area contributed by atoms with Gasteiger partial charge in [-0.2, -0.15) is 5.10 Å². The fourth-order valence-corrected chi connectivity index (χ4v) is 2.05. The summed E-state index contributed by atoms with van der Waals surface area (Å²) in [6, 6.07) is 0. The SMILES string of the molecule is CCn1nc(C)c(Br)c1CC(C)(O)C(C)(C)C. The third-order valence-electron chi connectivity index (χ3n) is 3.58. The van der Waals surface area contributed by atoms with E-state index in [1.165, 1.54) is 0 Å². The number of nitrogens with zero attached hydrogens (tertiary/aromatic N) is 2. The molecule has 4 heteroatoms. The van der Waals surface area contributed by atoms with Crippen molar-refractivity contribution in [2.45, 2.75) is 60.1 Å². The first kappa shape index (κ1) is 14.7. The lowest BCUT2D eigenvalue weighted by molar-refractivity contribution is -0.0421. The maximum atomic E-state index is 10.6. The predicted octanol–water partition coefficient (Wildman–Crippen LogP) is 3.31. The Morgan fingerprint density at radius 3 is 2.24 bits per heavy atom. The van der Waals surface area contributed by atoms with Crippen molar-refractivity contribution in [3.05, 3.63) is 15.9 Å². The van der Waals surface area contributed by atoms with Crippen LogP contribution in [-0.2, 0) is 13.0 Å². The van der Waals surface area contributed by atoms with Gasteiger partial charge in [-0.25, -0.2) is 0 Å². The van der Waals surface area contributed by atoms with Gasteiger partial charge in [-0.15, -0.1) is 0 Å². The van der Waals surface area contributed by atoms with E-state index in [2.05, 4.69) is 48.7 Å². The highest BCUT2D eigenvalue weighted by Gasteiger charge is 2.37. The molecule has 1 aromatic rings. The molecular weight excluding hydrogens is 280 g/mol.